The van der Waals surface area contributed by atoms with Gasteiger partial charge in [0, 0.05) is 12.0 Å². The van der Waals surface area contributed by atoms with Crippen molar-refractivity contribution in [3.8, 4) is 0 Å². The fourth-order valence-corrected chi connectivity index (χ4v) is 1.28. The van der Waals surface area contributed by atoms with E-state index >= 15 is 0 Å². The summed E-state index contributed by atoms with van der Waals surface area (Å²) < 4.78 is 4.93. The maximum Gasteiger partial charge on any atom is 0.306 e. The van der Waals surface area contributed by atoms with Crippen LogP contribution in [0, 0.1) is 0 Å². The number of ether oxygens (including phenoxy) is 1. The summed E-state index contributed by atoms with van der Waals surface area (Å²) in [7, 11) is 0. The molecule has 0 amide bonds. The molecule has 1 aromatic rings. The van der Waals surface area contributed by atoms with Crippen molar-refractivity contribution in [3.05, 3.63) is 35.4 Å². The van der Waals surface area contributed by atoms with Crippen molar-refractivity contribution in [2.45, 2.75) is 26.4 Å². The molecule has 0 aliphatic carbocycles. The Hall–Kier alpha value is -1.84. The van der Waals surface area contributed by atoms with Crippen LogP contribution in [0.5, 0.6) is 0 Å². The average Bonchev–Trinajstić information content (AvgIpc) is 2.27. The number of aromatic carboxylic acids is 1. The lowest BCUT2D eigenvalue weighted by Gasteiger charge is -2.10. The van der Waals surface area contributed by atoms with E-state index in [1.54, 1.807) is 18.2 Å². The first-order chi connectivity index (χ1) is 7.65. The van der Waals surface area contributed by atoms with Gasteiger partial charge in [-0.15, -0.1) is 0 Å². The molecule has 4 heteroatoms. The molecule has 16 heavy (non-hydrogen) atoms. The Kier molecular flexibility index (Phi) is 4.51. The Morgan fingerprint density at radius 3 is 2.62 bits per heavy atom. The number of carboxylic acid groups (broad SMARTS) is 1. The van der Waals surface area contributed by atoms with Gasteiger partial charge >= 0.3 is 5.97 Å². The van der Waals surface area contributed by atoms with Crippen LogP contribution in [0.3, 0.4) is 0 Å². The summed E-state index contributed by atoms with van der Waals surface area (Å²) in [6.07, 6.45) is 1.05. The van der Waals surface area contributed by atoms with Gasteiger partial charge in [0.25, 0.3) is 0 Å². The van der Waals surface area contributed by atoms with Gasteiger partial charge < -0.3 is 14.6 Å². The van der Waals surface area contributed by atoms with E-state index in [4.69, 9.17) is 4.74 Å². The van der Waals surface area contributed by atoms with E-state index < -0.39 is 5.97 Å². The lowest BCUT2D eigenvalue weighted by atomic mass is 10.1. The molecule has 0 aliphatic heterocycles. The van der Waals surface area contributed by atoms with Crippen LogP contribution in [0.2, 0.25) is 0 Å². The Morgan fingerprint density at radius 2 is 2.00 bits per heavy atom. The van der Waals surface area contributed by atoms with Crippen LogP contribution >= 0.6 is 0 Å². The van der Waals surface area contributed by atoms with E-state index in [-0.39, 0.29) is 18.1 Å². The van der Waals surface area contributed by atoms with Gasteiger partial charge in [0.15, 0.2) is 0 Å². The highest BCUT2D eigenvalue weighted by Crippen LogP contribution is 2.09. The van der Waals surface area contributed by atoms with Gasteiger partial charge in [-0.25, -0.2) is 0 Å². The number of hydrogen-bond donors (Lipinski definition) is 0. The van der Waals surface area contributed by atoms with Gasteiger partial charge in [-0.05, 0) is 12.0 Å². The van der Waals surface area contributed by atoms with Crippen LogP contribution in [0.1, 0.15) is 35.7 Å². The highest BCUT2D eigenvalue weighted by molar-refractivity contribution is 5.87. The molecule has 0 aromatic heterocycles. The Bertz CT molecular complexity index is 384. The summed E-state index contributed by atoms with van der Waals surface area (Å²) in [5.41, 5.74) is 0.513. The SMILES string of the molecule is CCCC(=O)OCc1ccccc1C(=O)[O-]. The number of carbonyl (C=O) groups excluding carboxylic acids is 2. The molecule has 0 saturated carbocycles. The Morgan fingerprint density at radius 1 is 1.31 bits per heavy atom. The molecule has 0 saturated heterocycles. The zero-order chi connectivity index (χ0) is 12.0. The molecule has 0 unspecified atom stereocenters. The monoisotopic (exact) mass is 221 g/mol. The van der Waals surface area contributed by atoms with E-state index in [2.05, 4.69) is 0 Å². The lowest BCUT2D eigenvalue weighted by molar-refractivity contribution is -0.255. The summed E-state index contributed by atoms with van der Waals surface area (Å²) in [4.78, 5) is 21.9. The molecule has 0 bridgehead atoms. The van der Waals surface area contributed by atoms with E-state index in [0.29, 0.717) is 18.4 Å². The summed E-state index contributed by atoms with van der Waals surface area (Å²) in [6, 6.07) is 6.32. The number of carboxylic acids is 1. The summed E-state index contributed by atoms with van der Waals surface area (Å²) in [5.74, 6) is -1.59. The molecule has 0 heterocycles. The van der Waals surface area contributed by atoms with E-state index in [1.165, 1.54) is 6.07 Å². The number of carbonyl (C=O) groups is 2. The van der Waals surface area contributed by atoms with E-state index in [1.807, 2.05) is 6.92 Å². The molecular weight excluding hydrogens is 208 g/mol. The van der Waals surface area contributed by atoms with Gasteiger partial charge in [0.1, 0.15) is 6.61 Å². The highest BCUT2D eigenvalue weighted by Gasteiger charge is 2.05. The highest BCUT2D eigenvalue weighted by atomic mass is 16.5. The van der Waals surface area contributed by atoms with Gasteiger partial charge in [-0.3, -0.25) is 4.79 Å². The fraction of sp³-hybridized carbons (Fsp3) is 0.333. The van der Waals surface area contributed by atoms with Crippen molar-refractivity contribution in [2.75, 3.05) is 0 Å². The molecule has 1 rings (SSSR count). The number of benzene rings is 1. The van der Waals surface area contributed by atoms with Crippen molar-refractivity contribution >= 4 is 11.9 Å². The van der Waals surface area contributed by atoms with E-state index in [9.17, 15) is 14.7 Å². The first-order valence-electron chi connectivity index (χ1n) is 5.10. The minimum atomic E-state index is -1.26. The molecular formula is C12H13O4-. The molecule has 4 nitrogen and oxygen atoms in total. The van der Waals surface area contributed by atoms with E-state index in [0.717, 1.165) is 0 Å². The molecule has 1 aromatic carbocycles. The number of hydrogen-bond acceptors (Lipinski definition) is 4. The van der Waals surface area contributed by atoms with Crippen LogP contribution in [-0.2, 0) is 16.1 Å². The van der Waals surface area contributed by atoms with Crippen LogP contribution < -0.4 is 5.11 Å². The average molecular weight is 221 g/mol. The first kappa shape index (κ1) is 12.2. The van der Waals surface area contributed by atoms with Gasteiger partial charge in [-0.2, -0.15) is 0 Å². The van der Waals surface area contributed by atoms with Crippen molar-refractivity contribution in [3.63, 3.8) is 0 Å². The van der Waals surface area contributed by atoms with Gasteiger partial charge in [0.05, 0.1) is 5.97 Å². The fourth-order valence-electron chi connectivity index (χ4n) is 1.28. The van der Waals surface area contributed by atoms with Crippen LogP contribution in [-0.4, -0.2) is 11.9 Å². The van der Waals surface area contributed by atoms with Crippen molar-refractivity contribution in [1.82, 2.24) is 0 Å². The second kappa shape index (κ2) is 5.90. The van der Waals surface area contributed by atoms with Crippen LogP contribution in [0.4, 0.5) is 0 Å². The van der Waals surface area contributed by atoms with Crippen molar-refractivity contribution in [1.29, 1.82) is 0 Å². The van der Waals surface area contributed by atoms with Gasteiger partial charge in [0.2, 0.25) is 0 Å². The third-order valence-corrected chi connectivity index (χ3v) is 2.08. The van der Waals surface area contributed by atoms with Crippen LogP contribution in [0.25, 0.3) is 0 Å². The topological polar surface area (TPSA) is 66.4 Å². The lowest BCUT2D eigenvalue weighted by Crippen LogP contribution is -2.24. The number of rotatable bonds is 5. The molecule has 0 fully saturated rings. The van der Waals surface area contributed by atoms with Crippen molar-refractivity contribution < 1.29 is 19.4 Å². The Balaban J connectivity index is 2.66. The third kappa shape index (κ3) is 3.38. The molecule has 86 valence electrons. The zero-order valence-electron chi connectivity index (χ0n) is 9.06. The Labute approximate surface area is 93.9 Å². The molecule has 0 N–H and O–H groups in total. The standard InChI is InChI=1S/C12H14O4/c1-2-5-11(13)16-8-9-6-3-4-7-10(9)12(14)15/h3-4,6-7H,2,5,8H2,1H3,(H,14,15)/p-1. The largest absolute Gasteiger partial charge is 0.545 e. The minimum Gasteiger partial charge on any atom is -0.545 e. The summed E-state index contributed by atoms with van der Waals surface area (Å²) in [5, 5.41) is 10.7. The zero-order valence-corrected chi connectivity index (χ0v) is 9.06. The third-order valence-electron chi connectivity index (χ3n) is 2.08. The smallest absolute Gasteiger partial charge is 0.306 e. The van der Waals surface area contributed by atoms with Crippen molar-refractivity contribution in [2.24, 2.45) is 0 Å². The second-order valence-electron chi connectivity index (χ2n) is 3.36. The summed E-state index contributed by atoms with van der Waals surface area (Å²) >= 11 is 0. The number of esters is 1. The predicted molar refractivity (Wildman–Crippen MR) is 55.5 cm³/mol. The normalized spacial score (nSPS) is 9.81. The van der Waals surface area contributed by atoms with Gasteiger partial charge in [-0.1, -0.05) is 31.2 Å². The molecule has 0 aliphatic rings. The predicted octanol–water partition coefficient (Wildman–Crippen LogP) is 0.893. The molecule has 0 radical (unpaired) electrons. The maximum atomic E-state index is 11.1. The molecule has 0 atom stereocenters. The van der Waals surface area contributed by atoms with Crippen LogP contribution in [0.15, 0.2) is 24.3 Å². The minimum absolute atomic E-state index is 0.0248. The second-order valence-corrected chi connectivity index (χ2v) is 3.36. The maximum absolute atomic E-state index is 11.1. The quantitative estimate of drug-likeness (QED) is 0.692. The summed E-state index contributed by atoms with van der Waals surface area (Å²) in [6.45, 7) is 1.85. The first-order valence-corrected chi connectivity index (χ1v) is 5.10. The molecule has 0 spiro atoms.